The minimum Gasteiger partial charge on any atom is -0.314 e. The fraction of sp³-hybridized carbons (Fsp3) is 0.538. The Hall–Kier alpha value is -0.630. The SMILES string of the molecule is Cl.Cl.FC(F)[C@@H](c1cccc(C(F)(F)F)c1)N1CCNCC1. The molecule has 2 nitrogen and oxygen atoms in total. The highest BCUT2D eigenvalue weighted by Crippen LogP contribution is 2.34. The van der Waals surface area contributed by atoms with E-state index in [1.54, 1.807) is 0 Å². The molecule has 1 fully saturated rings. The molecule has 1 aromatic carbocycles. The van der Waals surface area contributed by atoms with Crippen LogP contribution in [0.1, 0.15) is 17.2 Å². The highest BCUT2D eigenvalue weighted by Gasteiger charge is 2.34. The maximum absolute atomic E-state index is 13.3. The monoisotopic (exact) mass is 366 g/mol. The molecule has 0 spiro atoms. The number of rotatable bonds is 3. The molecule has 22 heavy (non-hydrogen) atoms. The van der Waals surface area contributed by atoms with Crippen LogP contribution in [0.15, 0.2) is 24.3 Å². The zero-order valence-corrected chi connectivity index (χ0v) is 13.1. The molecule has 1 aliphatic heterocycles. The Bertz CT molecular complexity index is 450. The van der Waals surface area contributed by atoms with Gasteiger partial charge in [0.25, 0.3) is 6.43 Å². The van der Waals surface area contributed by atoms with Gasteiger partial charge in [-0.2, -0.15) is 13.2 Å². The largest absolute Gasteiger partial charge is 0.416 e. The highest BCUT2D eigenvalue weighted by molar-refractivity contribution is 5.85. The van der Waals surface area contributed by atoms with Crippen LogP contribution < -0.4 is 5.32 Å². The second-order valence-electron chi connectivity index (χ2n) is 4.69. The first kappa shape index (κ1) is 21.4. The van der Waals surface area contributed by atoms with Gasteiger partial charge >= 0.3 is 6.18 Å². The Morgan fingerprint density at radius 1 is 1.05 bits per heavy atom. The second-order valence-corrected chi connectivity index (χ2v) is 4.69. The Labute approximate surface area is 137 Å². The van der Waals surface area contributed by atoms with E-state index in [-0.39, 0.29) is 30.4 Å². The maximum Gasteiger partial charge on any atom is 0.416 e. The number of hydrogen-bond acceptors (Lipinski definition) is 2. The first-order chi connectivity index (χ1) is 9.39. The van der Waals surface area contributed by atoms with Crippen molar-refractivity contribution in [2.24, 2.45) is 0 Å². The molecule has 2 rings (SSSR count). The topological polar surface area (TPSA) is 15.3 Å². The van der Waals surface area contributed by atoms with Crippen molar-refractivity contribution in [1.82, 2.24) is 10.2 Å². The molecule has 128 valence electrons. The molecule has 0 radical (unpaired) electrons. The lowest BCUT2D eigenvalue weighted by Gasteiger charge is -2.34. The zero-order chi connectivity index (χ0) is 14.8. The first-order valence-electron chi connectivity index (χ1n) is 6.29. The standard InChI is InChI=1S/C13H15F5N2.2ClH/c14-12(15)11(20-6-4-19-5-7-20)9-2-1-3-10(8-9)13(16,17)18;;/h1-3,8,11-12,19H,4-7H2;2*1H/t11-;;/m1../s1. The van der Waals surface area contributed by atoms with Gasteiger partial charge in [0.1, 0.15) is 0 Å². The van der Waals surface area contributed by atoms with Crippen LogP contribution in [0.25, 0.3) is 0 Å². The van der Waals surface area contributed by atoms with Crippen LogP contribution in [-0.4, -0.2) is 37.5 Å². The summed E-state index contributed by atoms with van der Waals surface area (Å²) >= 11 is 0. The van der Waals surface area contributed by atoms with E-state index in [1.165, 1.54) is 17.0 Å². The third kappa shape index (κ3) is 5.22. The van der Waals surface area contributed by atoms with Crippen molar-refractivity contribution in [3.63, 3.8) is 0 Å². The molecule has 1 atom stereocenters. The second kappa shape index (κ2) is 8.86. The fourth-order valence-electron chi connectivity index (χ4n) is 2.37. The zero-order valence-electron chi connectivity index (χ0n) is 11.4. The van der Waals surface area contributed by atoms with E-state index in [0.29, 0.717) is 26.2 Å². The number of hydrogen-bond donors (Lipinski definition) is 1. The van der Waals surface area contributed by atoms with Crippen molar-refractivity contribution < 1.29 is 22.0 Å². The normalized spacial score (nSPS) is 17.5. The summed E-state index contributed by atoms with van der Waals surface area (Å²) in [5.41, 5.74) is -0.882. The van der Waals surface area contributed by atoms with Crippen molar-refractivity contribution >= 4 is 24.8 Å². The Morgan fingerprint density at radius 2 is 1.64 bits per heavy atom. The lowest BCUT2D eigenvalue weighted by Crippen LogP contribution is -2.46. The molecule has 9 heteroatoms. The summed E-state index contributed by atoms with van der Waals surface area (Å²) in [6.07, 6.45) is -7.25. The molecule has 1 aliphatic rings. The summed E-state index contributed by atoms with van der Waals surface area (Å²) < 4.78 is 64.5. The molecule has 1 aromatic rings. The summed E-state index contributed by atoms with van der Waals surface area (Å²) in [6.45, 7) is 1.90. The molecule has 0 saturated carbocycles. The molecule has 0 bridgehead atoms. The Morgan fingerprint density at radius 3 is 2.14 bits per heavy atom. The molecule has 1 N–H and O–H groups in total. The van der Waals surface area contributed by atoms with Gasteiger partial charge in [-0.3, -0.25) is 4.90 Å². The van der Waals surface area contributed by atoms with Crippen LogP contribution in [0.4, 0.5) is 22.0 Å². The summed E-state index contributed by atoms with van der Waals surface area (Å²) in [4.78, 5) is 1.52. The minimum atomic E-state index is -4.52. The third-order valence-electron chi connectivity index (χ3n) is 3.34. The molecular formula is C13H17Cl2F5N2. The van der Waals surface area contributed by atoms with Crippen molar-refractivity contribution in [3.05, 3.63) is 35.4 Å². The smallest absolute Gasteiger partial charge is 0.314 e. The Kier molecular flexibility index (Phi) is 8.61. The molecule has 0 amide bonds. The highest BCUT2D eigenvalue weighted by atomic mass is 35.5. The van der Waals surface area contributed by atoms with E-state index in [9.17, 15) is 22.0 Å². The predicted octanol–water partition coefficient (Wildman–Crippen LogP) is 3.76. The molecular weight excluding hydrogens is 350 g/mol. The van der Waals surface area contributed by atoms with E-state index in [2.05, 4.69) is 5.32 Å². The van der Waals surface area contributed by atoms with Crippen LogP contribution in [0.5, 0.6) is 0 Å². The number of piperazine rings is 1. The number of benzene rings is 1. The van der Waals surface area contributed by atoms with Gasteiger partial charge in [-0.15, -0.1) is 24.8 Å². The lowest BCUT2D eigenvalue weighted by molar-refractivity contribution is -0.137. The average Bonchev–Trinajstić information content (AvgIpc) is 2.39. The van der Waals surface area contributed by atoms with Crippen LogP contribution in [0.3, 0.4) is 0 Å². The molecule has 1 heterocycles. The fourth-order valence-corrected chi connectivity index (χ4v) is 2.37. The van der Waals surface area contributed by atoms with Crippen LogP contribution in [0.2, 0.25) is 0 Å². The summed E-state index contributed by atoms with van der Waals surface area (Å²) in [5.74, 6) is 0. The van der Waals surface area contributed by atoms with E-state index >= 15 is 0 Å². The van der Waals surface area contributed by atoms with Gasteiger partial charge in [-0.1, -0.05) is 12.1 Å². The number of alkyl halides is 5. The number of nitrogens with one attached hydrogen (secondary N) is 1. The average molecular weight is 367 g/mol. The predicted molar refractivity (Wildman–Crippen MR) is 79.1 cm³/mol. The van der Waals surface area contributed by atoms with Gasteiger partial charge in [-0.25, -0.2) is 8.78 Å². The lowest BCUT2D eigenvalue weighted by atomic mass is 10.0. The van der Waals surface area contributed by atoms with Crippen molar-refractivity contribution in [3.8, 4) is 0 Å². The van der Waals surface area contributed by atoms with E-state index in [4.69, 9.17) is 0 Å². The number of nitrogens with zero attached hydrogens (tertiary/aromatic N) is 1. The van der Waals surface area contributed by atoms with Crippen molar-refractivity contribution in [2.45, 2.75) is 18.6 Å². The van der Waals surface area contributed by atoms with Gasteiger partial charge < -0.3 is 5.32 Å². The van der Waals surface area contributed by atoms with E-state index in [0.717, 1.165) is 12.1 Å². The molecule has 0 aromatic heterocycles. The summed E-state index contributed by atoms with van der Waals surface area (Å²) in [6, 6.07) is 2.92. The molecule has 0 aliphatic carbocycles. The minimum absolute atomic E-state index is 0. The van der Waals surface area contributed by atoms with Crippen molar-refractivity contribution in [1.29, 1.82) is 0 Å². The van der Waals surface area contributed by atoms with Crippen LogP contribution >= 0.6 is 24.8 Å². The first-order valence-corrected chi connectivity index (χ1v) is 6.29. The third-order valence-corrected chi connectivity index (χ3v) is 3.34. The van der Waals surface area contributed by atoms with Gasteiger partial charge in [0.05, 0.1) is 11.6 Å². The van der Waals surface area contributed by atoms with E-state index in [1.807, 2.05) is 0 Å². The van der Waals surface area contributed by atoms with Gasteiger partial charge in [0.15, 0.2) is 0 Å². The van der Waals surface area contributed by atoms with Crippen LogP contribution in [-0.2, 0) is 6.18 Å². The van der Waals surface area contributed by atoms with E-state index < -0.39 is 24.2 Å². The van der Waals surface area contributed by atoms with Crippen LogP contribution in [0, 0.1) is 0 Å². The molecule has 1 saturated heterocycles. The van der Waals surface area contributed by atoms with Gasteiger partial charge in [0.2, 0.25) is 0 Å². The summed E-state index contributed by atoms with van der Waals surface area (Å²) in [5, 5.41) is 3.03. The number of halogens is 7. The van der Waals surface area contributed by atoms with Crippen molar-refractivity contribution in [2.75, 3.05) is 26.2 Å². The van der Waals surface area contributed by atoms with Gasteiger partial charge in [-0.05, 0) is 17.7 Å². The van der Waals surface area contributed by atoms with Gasteiger partial charge in [0, 0.05) is 26.2 Å². The molecule has 0 unspecified atom stereocenters. The maximum atomic E-state index is 13.3. The Balaban J connectivity index is 0.00000220. The quantitative estimate of drug-likeness (QED) is 0.819. The summed E-state index contributed by atoms with van der Waals surface area (Å²) in [7, 11) is 0.